The van der Waals surface area contributed by atoms with E-state index in [0.29, 0.717) is 6.42 Å². The number of nitrogens with zero attached hydrogens (tertiary/aromatic N) is 1. The summed E-state index contributed by atoms with van der Waals surface area (Å²) in [5.74, 6) is -1.16. The fraction of sp³-hybridized carbons (Fsp3) is 0.400. The highest BCUT2D eigenvalue weighted by molar-refractivity contribution is 5.91. The molecule has 0 spiro atoms. The normalized spacial score (nSPS) is 12.9. The first-order valence-corrected chi connectivity index (χ1v) is 6.25. The second-order valence-electron chi connectivity index (χ2n) is 4.88. The number of benzene rings is 1. The Morgan fingerprint density at radius 2 is 2.06 bits per heavy atom. The minimum absolute atomic E-state index is 0.421. The Morgan fingerprint density at radius 1 is 1.39 bits per heavy atom. The molecule has 2 aromatic rings. The molecule has 3 nitrogen and oxygen atoms in total. The highest BCUT2D eigenvalue weighted by Crippen LogP contribution is 2.33. The van der Waals surface area contributed by atoms with Gasteiger partial charge in [0.15, 0.2) is 0 Å². The molecule has 1 aromatic carbocycles. The number of aliphatic carboxylic acids is 1. The third-order valence-electron chi connectivity index (χ3n) is 3.75. The highest BCUT2D eigenvalue weighted by atomic mass is 16.4. The van der Waals surface area contributed by atoms with Gasteiger partial charge in [-0.3, -0.25) is 4.79 Å². The zero-order valence-electron chi connectivity index (χ0n) is 11.3. The number of hydrogen-bond donors (Lipinski definition) is 1. The number of rotatable bonds is 3. The monoisotopic (exact) mass is 245 g/mol. The van der Waals surface area contributed by atoms with Crippen LogP contribution >= 0.6 is 0 Å². The van der Waals surface area contributed by atoms with Crippen LogP contribution in [-0.2, 0) is 11.8 Å². The maximum atomic E-state index is 11.4. The van der Waals surface area contributed by atoms with Gasteiger partial charge in [-0.15, -0.1) is 0 Å². The topological polar surface area (TPSA) is 42.2 Å². The number of fused-ring (bicyclic) bond motifs is 1. The molecule has 0 aliphatic carbocycles. The predicted octanol–water partition coefficient (Wildman–Crippen LogP) is 3.37. The number of hydrogen-bond acceptors (Lipinski definition) is 1. The molecule has 1 N–H and O–H groups in total. The molecule has 0 saturated carbocycles. The molecule has 0 bridgehead atoms. The zero-order chi connectivity index (χ0) is 13.4. The van der Waals surface area contributed by atoms with Crippen LogP contribution < -0.4 is 0 Å². The van der Waals surface area contributed by atoms with Gasteiger partial charge in [0.1, 0.15) is 0 Å². The van der Waals surface area contributed by atoms with E-state index in [1.165, 1.54) is 0 Å². The molecule has 0 fully saturated rings. The molecule has 0 radical (unpaired) electrons. The largest absolute Gasteiger partial charge is 0.481 e. The van der Waals surface area contributed by atoms with E-state index in [1.54, 1.807) is 0 Å². The van der Waals surface area contributed by atoms with Crippen molar-refractivity contribution < 1.29 is 9.90 Å². The Bertz CT molecular complexity index is 610. The molecule has 2 rings (SSSR count). The van der Waals surface area contributed by atoms with Crippen LogP contribution in [0.1, 0.15) is 36.1 Å². The predicted molar refractivity (Wildman–Crippen MR) is 73.1 cm³/mol. The first kappa shape index (κ1) is 12.7. The van der Waals surface area contributed by atoms with Gasteiger partial charge in [-0.25, -0.2) is 0 Å². The maximum Gasteiger partial charge on any atom is 0.311 e. The quantitative estimate of drug-likeness (QED) is 0.900. The lowest BCUT2D eigenvalue weighted by Crippen LogP contribution is -2.11. The van der Waals surface area contributed by atoms with Crippen molar-refractivity contribution >= 4 is 16.9 Å². The minimum Gasteiger partial charge on any atom is -0.481 e. The second-order valence-corrected chi connectivity index (χ2v) is 4.88. The van der Waals surface area contributed by atoms with Gasteiger partial charge in [0.25, 0.3) is 0 Å². The molecule has 0 aliphatic heterocycles. The summed E-state index contributed by atoms with van der Waals surface area (Å²) in [4.78, 5) is 11.4. The molecule has 1 unspecified atom stereocenters. The van der Waals surface area contributed by atoms with Crippen molar-refractivity contribution in [2.45, 2.75) is 33.1 Å². The molecule has 1 aromatic heterocycles. The average molecular weight is 245 g/mol. The first-order valence-electron chi connectivity index (χ1n) is 6.25. The molecular weight excluding hydrogens is 226 g/mol. The van der Waals surface area contributed by atoms with E-state index >= 15 is 0 Å². The summed E-state index contributed by atoms with van der Waals surface area (Å²) in [6, 6.07) is 6.21. The lowest BCUT2D eigenvalue weighted by atomic mass is 9.93. The van der Waals surface area contributed by atoms with E-state index in [9.17, 15) is 9.90 Å². The zero-order valence-corrected chi connectivity index (χ0v) is 11.3. The van der Waals surface area contributed by atoms with Gasteiger partial charge in [0.05, 0.1) is 5.92 Å². The van der Waals surface area contributed by atoms with Crippen LogP contribution in [0.4, 0.5) is 0 Å². The van der Waals surface area contributed by atoms with E-state index in [1.807, 2.05) is 27.8 Å². The maximum absolute atomic E-state index is 11.4. The van der Waals surface area contributed by atoms with Crippen molar-refractivity contribution in [2.75, 3.05) is 0 Å². The van der Waals surface area contributed by atoms with Gasteiger partial charge in [0, 0.05) is 23.6 Å². The highest BCUT2D eigenvalue weighted by Gasteiger charge is 2.24. The van der Waals surface area contributed by atoms with E-state index in [2.05, 4.69) is 22.8 Å². The third kappa shape index (κ3) is 1.80. The molecule has 18 heavy (non-hydrogen) atoms. The van der Waals surface area contributed by atoms with Crippen molar-refractivity contribution in [2.24, 2.45) is 7.05 Å². The van der Waals surface area contributed by atoms with Crippen LogP contribution in [0.25, 0.3) is 10.9 Å². The fourth-order valence-corrected chi connectivity index (χ4v) is 2.66. The average Bonchev–Trinajstić information content (AvgIpc) is 2.54. The second kappa shape index (κ2) is 4.48. The minimum atomic E-state index is -0.741. The van der Waals surface area contributed by atoms with E-state index in [-0.39, 0.29) is 0 Å². The number of carbonyl (C=O) groups is 1. The van der Waals surface area contributed by atoms with Crippen molar-refractivity contribution in [3.63, 3.8) is 0 Å². The van der Waals surface area contributed by atoms with E-state index in [4.69, 9.17) is 0 Å². The van der Waals surface area contributed by atoms with Gasteiger partial charge >= 0.3 is 5.97 Å². The lowest BCUT2D eigenvalue weighted by Gasteiger charge is -2.11. The van der Waals surface area contributed by atoms with Crippen LogP contribution in [0, 0.1) is 13.8 Å². The van der Waals surface area contributed by atoms with Gasteiger partial charge in [-0.1, -0.05) is 18.6 Å². The molecule has 1 atom stereocenters. The van der Waals surface area contributed by atoms with Crippen molar-refractivity contribution in [3.05, 3.63) is 35.0 Å². The number of aryl methyl sites for hydroxylation is 2. The Kier molecular flexibility index (Phi) is 3.16. The van der Waals surface area contributed by atoms with Crippen molar-refractivity contribution in [1.29, 1.82) is 0 Å². The number of carboxylic acids is 1. The molecular formula is C15H19NO2. The summed E-state index contributed by atoms with van der Waals surface area (Å²) in [5, 5.41) is 10.5. The van der Waals surface area contributed by atoms with Crippen molar-refractivity contribution in [1.82, 2.24) is 4.57 Å². The fourth-order valence-electron chi connectivity index (χ4n) is 2.66. The molecule has 3 heteroatoms. The Hall–Kier alpha value is -1.77. The smallest absolute Gasteiger partial charge is 0.311 e. The summed E-state index contributed by atoms with van der Waals surface area (Å²) in [6.45, 7) is 5.95. The lowest BCUT2D eigenvalue weighted by molar-refractivity contribution is -0.138. The summed E-state index contributed by atoms with van der Waals surface area (Å²) >= 11 is 0. The van der Waals surface area contributed by atoms with Gasteiger partial charge < -0.3 is 9.67 Å². The van der Waals surface area contributed by atoms with Crippen LogP contribution in [0.3, 0.4) is 0 Å². The Morgan fingerprint density at radius 3 is 2.61 bits per heavy atom. The molecule has 96 valence electrons. The summed E-state index contributed by atoms with van der Waals surface area (Å²) < 4.78 is 2.08. The third-order valence-corrected chi connectivity index (χ3v) is 3.75. The summed E-state index contributed by atoms with van der Waals surface area (Å²) in [5.41, 5.74) is 4.28. The summed E-state index contributed by atoms with van der Waals surface area (Å²) in [6.07, 6.45) is 0.614. The van der Waals surface area contributed by atoms with E-state index < -0.39 is 11.9 Å². The Labute approximate surface area is 107 Å². The van der Waals surface area contributed by atoms with Crippen LogP contribution in [0.15, 0.2) is 18.2 Å². The van der Waals surface area contributed by atoms with Crippen molar-refractivity contribution in [3.8, 4) is 0 Å². The SMILES string of the molecule is CCC(C(=O)O)c1c(C)n(C)c2ccc(C)cc12. The van der Waals surface area contributed by atoms with Gasteiger partial charge in [-0.05, 0) is 38.0 Å². The number of aromatic nitrogens is 1. The van der Waals surface area contributed by atoms with Crippen LogP contribution in [-0.4, -0.2) is 15.6 Å². The van der Waals surface area contributed by atoms with Crippen LogP contribution in [0.2, 0.25) is 0 Å². The standard InChI is InChI=1S/C15H19NO2/c1-5-11(15(17)18)14-10(3)16(4)13-7-6-9(2)8-12(13)14/h6-8,11H,5H2,1-4H3,(H,17,18). The van der Waals surface area contributed by atoms with Gasteiger partial charge in [-0.2, -0.15) is 0 Å². The first-order chi connectivity index (χ1) is 8.47. The molecule has 0 amide bonds. The van der Waals surface area contributed by atoms with Crippen LogP contribution in [0.5, 0.6) is 0 Å². The van der Waals surface area contributed by atoms with Gasteiger partial charge in [0.2, 0.25) is 0 Å². The molecule has 0 aliphatic rings. The molecule has 1 heterocycles. The molecule has 0 saturated heterocycles. The van der Waals surface area contributed by atoms with E-state index in [0.717, 1.165) is 27.7 Å². The Balaban J connectivity index is 2.80. The summed E-state index contributed by atoms with van der Waals surface area (Å²) in [7, 11) is 1.99. The number of carboxylic acid groups (broad SMARTS) is 1.